The second kappa shape index (κ2) is 7.43. The first kappa shape index (κ1) is 15.8. The summed E-state index contributed by atoms with van der Waals surface area (Å²) in [6.45, 7) is 0.505. The van der Waals surface area contributed by atoms with E-state index in [1.165, 1.54) is 5.56 Å². The summed E-state index contributed by atoms with van der Waals surface area (Å²) in [6, 6.07) is 13.4. The molecule has 20 heavy (non-hydrogen) atoms. The second-order valence-electron chi connectivity index (χ2n) is 4.26. The van der Waals surface area contributed by atoms with Gasteiger partial charge in [0, 0.05) is 21.0 Å². The van der Waals surface area contributed by atoms with E-state index in [0.717, 1.165) is 14.5 Å². The maximum Gasteiger partial charge on any atom is 0.251 e. The molecule has 0 aromatic heterocycles. The molecule has 1 amide bonds. The summed E-state index contributed by atoms with van der Waals surface area (Å²) >= 11 is 11.6. The quantitative estimate of drug-likeness (QED) is 0.513. The Bertz CT molecular complexity index is 616. The number of hydrogen-bond donors (Lipinski definition) is 1. The first-order valence-corrected chi connectivity index (χ1v) is 8.55. The smallest absolute Gasteiger partial charge is 0.251 e. The van der Waals surface area contributed by atoms with Crippen LogP contribution in [-0.2, 0) is 11.9 Å². The number of halogens is 3. The number of rotatable bonds is 4. The van der Waals surface area contributed by atoms with Gasteiger partial charge >= 0.3 is 0 Å². The lowest BCUT2D eigenvalue weighted by atomic mass is 10.1. The van der Waals surface area contributed by atoms with Gasteiger partial charge in [0.1, 0.15) is 0 Å². The van der Waals surface area contributed by atoms with Gasteiger partial charge in [-0.3, -0.25) is 4.79 Å². The highest BCUT2D eigenvalue weighted by Crippen LogP contribution is 2.19. The lowest BCUT2D eigenvalue weighted by Crippen LogP contribution is -2.22. The van der Waals surface area contributed by atoms with Gasteiger partial charge in [-0.25, -0.2) is 0 Å². The van der Waals surface area contributed by atoms with Gasteiger partial charge in [-0.2, -0.15) is 0 Å². The van der Waals surface area contributed by atoms with E-state index in [4.69, 9.17) is 11.6 Å². The third-order valence-electron chi connectivity index (χ3n) is 2.81. The van der Waals surface area contributed by atoms with E-state index in [1.54, 1.807) is 12.1 Å². The molecule has 0 unspecified atom stereocenters. The molecule has 0 aliphatic carbocycles. The van der Waals surface area contributed by atoms with E-state index in [2.05, 4.69) is 43.8 Å². The minimum Gasteiger partial charge on any atom is -0.348 e. The summed E-state index contributed by atoms with van der Waals surface area (Å²) in [6.07, 6.45) is 0. The van der Waals surface area contributed by atoms with Crippen LogP contribution in [0, 0.1) is 3.57 Å². The number of carbonyl (C=O) groups excluding carboxylic acids is 1. The minimum absolute atomic E-state index is 0.118. The molecule has 0 aliphatic heterocycles. The molecule has 0 spiro atoms. The van der Waals surface area contributed by atoms with Gasteiger partial charge in [-0.1, -0.05) is 51.8 Å². The number of amides is 1. The number of alkyl halides is 1. The highest BCUT2D eigenvalue weighted by molar-refractivity contribution is 14.1. The summed E-state index contributed by atoms with van der Waals surface area (Å²) in [5, 5.41) is 4.32. The summed E-state index contributed by atoms with van der Waals surface area (Å²) in [4.78, 5) is 12.0. The molecule has 0 atom stereocenters. The monoisotopic (exact) mass is 463 g/mol. The van der Waals surface area contributed by atoms with Crippen molar-refractivity contribution in [2.75, 3.05) is 0 Å². The van der Waals surface area contributed by atoms with Crippen LogP contribution in [0.4, 0.5) is 0 Å². The topological polar surface area (TPSA) is 29.1 Å². The number of hydrogen-bond acceptors (Lipinski definition) is 1. The molecule has 0 saturated heterocycles. The van der Waals surface area contributed by atoms with Crippen molar-refractivity contribution in [3.05, 3.63) is 67.7 Å². The number of carbonyl (C=O) groups is 1. The Kier molecular flexibility index (Phi) is 5.86. The second-order valence-corrected chi connectivity index (χ2v) is 6.39. The average Bonchev–Trinajstić information content (AvgIpc) is 2.48. The molecule has 2 aromatic carbocycles. The van der Waals surface area contributed by atoms with Crippen LogP contribution in [0.5, 0.6) is 0 Å². The lowest BCUT2D eigenvalue weighted by molar-refractivity contribution is 0.0951. The van der Waals surface area contributed by atoms with E-state index in [9.17, 15) is 4.79 Å². The normalized spacial score (nSPS) is 10.3. The Labute approximate surface area is 145 Å². The van der Waals surface area contributed by atoms with Crippen molar-refractivity contribution < 1.29 is 4.79 Å². The van der Waals surface area contributed by atoms with Crippen LogP contribution < -0.4 is 5.32 Å². The molecule has 104 valence electrons. The summed E-state index contributed by atoms with van der Waals surface area (Å²) in [5.41, 5.74) is 2.86. The molecule has 5 heteroatoms. The zero-order valence-electron chi connectivity index (χ0n) is 10.5. The van der Waals surface area contributed by atoms with Gasteiger partial charge in [0.05, 0.1) is 5.02 Å². The molecule has 0 fully saturated rings. The fraction of sp³-hybridized carbons (Fsp3) is 0.133. The highest BCUT2D eigenvalue weighted by atomic mass is 127. The Morgan fingerprint density at radius 3 is 2.40 bits per heavy atom. The lowest BCUT2D eigenvalue weighted by Gasteiger charge is -2.07. The molecular formula is C15H12BrClINO. The van der Waals surface area contributed by atoms with Crippen molar-refractivity contribution in [2.24, 2.45) is 0 Å². The summed E-state index contributed by atoms with van der Waals surface area (Å²) in [5.74, 6) is -0.118. The molecule has 0 heterocycles. The van der Waals surface area contributed by atoms with Crippen LogP contribution in [-0.4, -0.2) is 5.91 Å². The van der Waals surface area contributed by atoms with Crippen LogP contribution >= 0.6 is 50.1 Å². The van der Waals surface area contributed by atoms with Crippen LogP contribution in [0.25, 0.3) is 0 Å². The SMILES string of the molecule is O=C(NCc1ccc(CBr)cc1)c1ccc(I)c(Cl)c1. The summed E-state index contributed by atoms with van der Waals surface area (Å²) < 4.78 is 0.936. The maximum atomic E-state index is 12.0. The highest BCUT2D eigenvalue weighted by Gasteiger charge is 2.07. The minimum atomic E-state index is -0.118. The zero-order valence-corrected chi connectivity index (χ0v) is 15.0. The molecule has 2 nitrogen and oxygen atoms in total. The Balaban J connectivity index is 1.98. The first-order chi connectivity index (χ1) is 9.60. The molecule has 0 bridgehead atoms. The average molecular weight is 465 g/mol. The molecule has 2 aromatic rings. The Morgan fingerprint density at radius 2 is 1.80 bits per heavy atom. The van der Waals surface area contributed by atoms with Crippen molar-refractivity contribution in [3.8, 4) is 0 Å². The van der Waals surface area contributed by atoms with Crippen molar-refractivity contribution in [1.82, 2.24) is 5.32 Å². The van der Waals surface area contributed by atoms with E-state index >= 15 is 0 Å². The van der Waals surface area contributed by atoms with Crippen LogP contribution in [0.1, 0.15) is 21.5 Å². The van der Waals surface area contributed by atoms with E-state index in [1.807, 2.05) is 30.3 Å². The van der Waals surface area contributed by atoms with E-state index in [-0.39, 0.29) is 5.91 Å². The summed E-state index contributed by atoms with van der Waals surface area (Å²) in [7, 11) is 0. The first-order valence-electron chi connectivity index (χ1n) is 5.97. The van der Waals surface area contributed by atoms with Gasteiger partial charge in [0.25, 0.3) is 5.91 Å². The van der Waals surface area contributed by atoms with Gasteiger partial charge < -0.3 is 5.32 Å². The molecule has 0 radical (unpaired) electrons. The van der Waals surface area contributed by atoms with Crippen molar-refractivity contribution in [2.45, 2.75) is 11.9 Å². The van der Waals surface area contributed by atoms with Crippen molar-refractivity contribution in [1.29, 1.82) is 0 Å². The number of nitrogens with one attached hydrogen (secondary N) is 1. The fourth-order valence-corrected chi connectivity index (χ4v) is 2.56. The standard InChI is InChI=1S/C15H12BrClINO/c16-8-10-1-3-11(4-2-10)9-19-15(20)12-5-6-14(18)13(17)7-12/h1-7H,8-9H2,(H,19,20). The van der Waals surface area contributed by atoms with Crippen LogP contribution in [0.2, 0.25) is 5.02 Å². The van der Waals surface area contributed by atoms with E-state index < -0.39 is 0 Å². The fourth-order valence-electron chi connectivity index (χ4n) is 1.67. The molecule has 1 N–H and O–H groups in total. The van der Waals surface area contributed by atoms with Gasteiger partial charge in [-0.05, 0) is 51.9 Å². The van der Waals surface area contributed by atoms with Crippen LogP contribution in [0.3, 0.4) is 0 Å². The molecule has 0 saturated carbocycles. The van der Waals surface area contributed by atoms with E-state index in [0.29, 0.717) is 17.1 Å². The van der Waals surface area contributed by atoms with Crippen molar-refractivity contribution in [3.63, 3.8) is 0 Å². The zero-order chi connectivity index (χ0) is 14.5. The van der Waals surface area contributed by atoms with Gasteiger partial charge in [-0.15, -0.1) is 0 Å². The van der Waals surface area contributed by atoms with Gasteiger partial charge in [0.15, 0.2) is 0 Å². The number of benzene rings is 2. The largest absolute Gasteiger partial charge is 0.348 e. The van der Waals surface area contributed by atoms with Gasteiger partial charge in [0.2, 0.25) is 0 Å². The maximum absolute atomic E-state index is 12.0. The molecular weight excluding hydrogens is 452 g/mol. The predicted molar refractivity (Wildman–Crippen MR) is 94.4 cm³/mol. The Hall–Kier alpha value is -0.590. The van der Waals surface area contributed by atoms with Crippen molar-refractivity contribution >= 4 is 56.0 Å². The Morgan fingerprint density at radius 1 is 1.15 bits per heavy atom. The molecule has 2 rings (SSSR count). The predicted octanol–water partition coefficient (Wildman–Crippen LogP) is 4.77. The third kappa shape index (κ3) is 4.20. The third-order valence-corrected chi connectivity index (χ3v) is 5.03. The molecule has 0 aliphatic rings. The van der Waals surface area contributed by atoms with Crippen LogP contribution in [0.15, 0.2) is 42.5 Å².